The van der Waals surface area contributed by atoms with Gasteiger partial charge in [-0.2, -0.15) is 0 Å². The molecule has 0 unspecified atom stereocenters. The van der Waals surface area contributed by atoms with Crippen LogP contribution in [0.15, 0.2) is 79.0 Å². The maximum absolute atomic E-state index is 13.7. The molecule has 0 aliphatic carbocycles. The number of nitrogens with one attached hydrogen (secondary N) is 1. The summed E-state index contributed by atoms with van der Waals surface area (Å²) in [7, 11) is 0. The summed E-state index contributed by atoms with van der Waals surface area (Å²) in [6.07, 6.45) is 1.39. The number of phenolic OH excluding ortho intramolecular Hbond substituents is 10. The Morgan fingerprint density at radius 1 is 0.410 bits per heavy atom. The van der Waals surface area contributed by atoms with Gasteiger partial charge in [0.2, 0.25) is 17.2 Å². The predicted octanol–water partition coefficient (Wildman–Crippen LogP) is 3.89. The number of aromatic hydroxyl groups is 10. The number of carbonyl (C=O) groups is 6. The quantitative estimate of drug-likeness (QED) is 0.0381. The molecule has 12 N–H and O–H groups in total. The Bertz CT molecular complexity index is 2860. The topological polar surface area (TPSA) is 368 Å². The van der Waals surface area contributed by atoms with Crippen molar-refractivity contribution in [2.45, 2.75) is 0 Å². The Labute approximate surface area is 337 Å². The summed E-state index contributed by atoms with van der Waals surface area (Å²) in [6.45, 7) is 0. The number of hydrogen-bond donors (Lipinski definition) is 12. The van der Waals surface area contributed by atoms with E-state index in [1.807, 2.05) is 0 Å². The number of carbonyl (C=O) groups excluding carboxylic acids is 5. The molecule has 310 valence electrons. The van der Waals surface area contributed by atoms with E-state index in [9.17, 15) is 84.9 Å². The van der Waals surface area contributed by atoms with E-state index in [1.54, 1.807) is 0 Å². The lowest BCUT2D eigenvalue weighted by atomic mass is 9.94. The van der Waals surface area contributed by atoms with Gasteiger partial charge in [0.15, 0.2) is 69.1 Å². The maximum Gasteiger partial charge on any atom is 0.360 e. The van der Waals surface area contributed by atoms with E-state index in [0.29, 0.717) is 54.6 Å². The van der Waals surface area contributed by atoms with Crippen LogP contribution in [0.1, 0.15) is 73.4 Å². The standard InChI is InChI=1S/C40H25NO20/c42-22-6-14(30(47)20-5-17(9-23(43)33(20)50)38(56)60-28-12-16(37(54)55)8-25(45)35(28)52)4-19(32(22)49)31(48)15-7-24(44)34(51)27(11-15)59-39(57)18-10-26(46)36(53)29(13-18)61-40(58)21-2-1-3-41-21/h1-13,41-46,49-53H,(H,54,55). The Balaban J connectivity index is 1.29. The van der Waals surface area contributed by atoms with E-state index < -0.39 is 149 Å². The van der Waals surface area contributed by atoms with Crippen molar-refractivity contribution >= 4 is 35.4 Å². The summed E-state index contributed by atoms with van der Waals surface area (Å²) in [5.41, 5.74) is -5.08. The lowest BCUT2D eigenvalue weighted by Crippen LogP contribution is -2.12. The van der Waals surface area contributed by atoms with Gasteiger partial charge in [-0.1, -0.05) is 0 Å². The van der Waals surface area contributed by atoms with Gasteiger partial charge in [-0.25, -0.2) is 19.2 Å². The first-order chi connectivity index (χ1) is 28.7. The Hall–Kier alpha value is -9.40. The van der Waals surface area contributed by atoms with Gasteiger partial charge in [-0.05, 0) is 72.8 Å². The van der Waals surface area contributed by atoms with Gasteiger partial charge >= 0.3 is 23.9 Å². The molecule has 61 heavy (non-hydrogen) atoms. The van der Waals surface area contributed by atoms with Crippen LogP contribution in [0.25, 0.3) is 0 Å². The molecule has 0 fully saturated rings. The van der Waals surface area contributed by atoms with Crippen molar-refractivity contribution in [1.82, 2.24) is 4.98 Å². The minimum Gasteiger partial charge on any atom is -0.504 e. The second-order valence-electron chi connectivity index (χ2n) is 12.5. The van der Waals surface area contributed by atoms with Gasteiger partial charge < -0.3 is 75.4 Å². The van der Waals surface area contributed by atoms with Crippen molar-refractivity contribution in [3.8, 4) is 74.7 Å². The fourth-order valence-corrected chi connectivity index (χ4v) is 5.46. The van der Waals surface area contributed by atoms with E-state index in [0.717, 1.165) is 6.07 Å². The zero-order chi connectivity index (χ0) is 44.6. The number of esters is 3. The molecule has 21 heteroatoms. The number of carboxylic acid groups (broad SMARTS) is 1. The van der Waals surface area contributed by atoms with Crippen LogP contribution in [0.3, 0.4) is 0 Å². The number of aromatic nitrogens is 1. The van der Waals surface area contributed by atoms with Crippen molar-refractivity contribution in [3.63, 3.8) is 0 Å². The number of hydrogen-bond acceptors (Lipinski definition) is 19. The van der Waals surface area contributed by atoms with Gasteiger partial charge in [0.05, 0.1) is 27.8 Å². The van der Waals surface area contributed by atoms with Gasteiger partial charge in [-0.15, -0.1) is 0 Å². The molecule has 0 saturated carbocycles. The molecule has 0 aliphatic heterocycles. The fourth-order valence-electron chi connectivity index (χ4n) is 5.46. The Kier molecular flexibility index (Phi) is 10.7. The van der Waals surface area contributed by atoms with Crippen LogP contribution in [-0.4, -0.2) is 96.6 Å². The van der Waals surface area contributed by atoms with Crippen LogP contribution in [0.5, 0.6) is 74.7 Å². The van der Waals surface area contributed by atoms with Crippen LogP contribution in [0.4, 0.5) is 0 Å². The SMILES string of the molecule is O=C(O)c1cc(O)c(O)c(OC(=O)c2cc(O)c(O)c(C(=O)c3cc(O)c(O)c(C(=O)c4cc(O)c(O)c(OC(=O)c5cc(O)c(O)c(OC(=O)c6ccc[nH]6)c5)c4)c3)c2)c1. The number of phenols is 10. The smallest absolute Gasteiger partial charge is 0.360 e. The van der Waals surface area contributed by atoms with Crippen molar-refractivity contribution in [3.05, 3.63) is 124 Å². The monoisotopic (exact) mass is 839 g/mol. The first kappa shape index (κ1) is 41.2. The molecule has 6 aromatic rings. The summed E-state index contributed by atoms with van der Waals surface area (Å²) in [6, 6.07) is 9.44. The molecule has 1 heterocycles. The minimum absolute atomic E-state index is 0.0679. The van der Waals surface area contributed by atoms with Crippen LogP contribution < -0.4 is 14.2 Å². The fraction of sp³-hybridized carbons (Fsp3) is 0. The second-order valence-corrected chi connectivity index (χ2v) is 12.5. The highest BCUT2D eigenvalue weighted by Crippen LogP contribution is 2.42. The maximum atomic E-state index is 13.7. The predicted molar refractivity (Wildman–Crippen MR) is 198 cm³/mol. The molecule has 6 rings (SSSR count). The minimum atomic E-state index is -1.58. The van der Waals surface area contributed by atoms with Crippen molar-refractivity contribution in [2.24, 2.45) is 0 Å². The van der Waals surface area contributed by atoms with Gasteiger partial charge in [0.1, 0.15) is 5.69 Å². The van der Waals surface area contributed by atoms with Crippen LogP contribution in [0.2, 0.25) is 0 Å². The number of ketones is 2. The molecule has 1 aromatic heterocycles. The Morgan fingerprint density at radius 3 is 1.20 bits per heavy atom. The number of benzene rings is 5. The van der Waals surface area contributed by atoms with Gasteiger partial charge in [-0.3, -0.25) is 9.59 Å². The molecule has 21 nitrogen and oxygen atoms in total. The Morgan fingerprint density at radius 2 is 0.754 bits per heavy atom. The molecule has 0 spiro atoms. The number of aromatic carboxylic acids is 1. The average molecular weight is 840 g/mol. The van der Waals surface area contributed by atoms with Gasteiger partial charge in [0.25, 0.3) is 0 Å². The van der Waals surface area contributed by atoms with Crippen molar-refractivity contribution in [1.29, 1.82) is 0 Å². The van der Waals surface area contributed by atoms with Gasteiger partial charge in [0, 0.05) is 17.3 Å². The molecule has 0 saturated heterocycles. The normalized spacial score (nSPS) is 10.8. The molecule has 0 radical (unpaired) electrons. The summed E-state index contributed by atoms with van der Waals surface area (Å²) >= 11 is 0. The number of aromatic amines is 1. The number of rotatable bonds is 11. The third kappa shape index (κ3) is 8.08. The van der Waals surface area contributed by atoms with E-state index >= 15 is 0 Å². The summed E-state index contributed by atoms with van der Waals surface area (Å²) < 4.78 is 15.1. The average Bonchev–Trinajstić information content (AvgIpc) is 3.77. The first-order valence-electron chi connectivity index (χ1n) is 16.7. The van der Waals surface area contributed by atoms with Crippen LogP contribution >= 0.6 is 0 Å². The molecule has 0 amide bonds. The summed E-state index contributed by atoms with van der Waals surface area (Å²) in [5.74, 6) is -21.2. The highest BCUT2D eigenvalue weighted by molar-refractivity contribution is 6.16. The number of carboxylic acids is 1. The van der Waals surface area contributed by atoms with E-state index in [2.05, 4.69) is 4.98 Å². The lowest BCUT2D eigenvalue weighted by Gasteiger charge is -2.14. The van der Waals surface area contributed by atoms with Crippen LogP contribution in [-0.2, 0) is 0 Å². The zero-order valence-corrected chi connectivity index (χ0v) is 30.1. The summed E-state index contributed by atoms with van der Waals surface area (Å²) in [4.78, 5) is 79.8. The first-order valence-corrected chi connectivity index (χ1v) is 16.7. The number of H-pyrrole nitrogens is 1. The third-order valence-corrected chi connectivity index (χ3v) is 8.50. The molecule has 5 aromatic carbocycles. The number of ether oxygens (including phenoxy) is 3. The van der Waals surface area contributed by atoms with E-state index in [-0.39, 0.29) is 5.69 Å². The van der Waals surface area contributed by atoms with Crippen LogP contribution in [0, 0.1) is 0 Å². The van der Waals surface area contributed by atoms with E-state index in [1.165, 1.54) is 18.3 Å². The lowest BCUT2D eigenvalue weighted by molar-refractivity contribution is 0.0684. The second kappa shape index (κ2) is 15.9. The summed E-state index contributed by atoms with van der Waals surface area (Å²) in [5, 5.41) is 113. The van der Waals surface area contributed by atoms with E-state index in [4.69, 9.17) is 14.2 Å². The molecular weight excluding hydrogens is 814 g/mol. The zero-order valence-electron chi connectivity index (χ0n) is 30.1. The van der Waals surface area contributed by atoms with Crippen molar-refractivity contribution < 1.29 is 99.1 Å². The molecule has 0 atom stereocenters. The van der Waals surface area contributed by atoms with Crippen molar-refractivity contribution in [2.75, 3.05) is 0 Å². The third-order valence-electron chi connectivity index (χ3n) is 8.50. The largest absolute Gasteiger partial charge is 0.504 e. The molecule has 0 bridgehead atoms. The highest BCUT2D eigenvalue weighted by atomic mass is 16.6. The molecule has 0 aliphatic rings. The molecular formula is C40H25NO20. The highest BCUT2D eigenvalue weighted by Gasteiger charge is 2.28.